The third-order valence-corrected chi connectivity index (χ3v) is 6.15. The average molecular weight is 318 g/mol. The van der Waals surface area contributed by atoms with Gasteiger partial charge in [-0.1, -0.05) is 6.08 Å². The quantitative estimate of drug-likeness (QED) is 0.676. The van der Waals surface area contributed by atoms with Crippen molar-refractivity contribution in [2.24, 2.45) is 11.3 Å². The minimum absolute atomic E-state index is 0.0160. The summed E-state index contributed by atoms with van der Waals surface area (Å²) >= 11 is 0. The van der Waals surface area contributed by atoms with Crippen LogP contribution in [0, 0.1) is 11.3 Å². The molecule has 0 aromatic carbocycles. The number of carboxylic acids is 1. The Bertz CT molecular complexity index is 513. The molecule has 0 spiro atoms. The number of carbonyl (C=O) groups is 1. The highest BCUT2D eigenvalue weighted by Gasteiger charge is 2.54. The van der Waals surface area contributed by atoms with Gasteiger partial charge in [0, 0.05) is 33.3 Å². The Morgan fingerprint density at radius 2 is 2.14 bits per heavy atom. The minimum Gasteiger partial charge on any atom is -0.481 e. The summed E-state index contributed by atoms with van der Waals surface area (Å²) in [4.78, 5) is 11.3. The van der Waals surface area contributed by atoms with Crippen molar-refractivity contribution in [2.45, 2.75) is 12.8 Å². The Labute approximate surface area is 125 Å². The topological polar surface area (TPSA) is 87.2 Å². The highest BCUT2D eigenvalue weighted by Crippen LogP contribution is 2.38. The molecule has 0 amide bonds. The zero-order chi connectivity index (χ0) is 15.7. The molecule has 2 saturated heterocycles. The summed E-state index contributed by atoms with van der Waals surface area (Å²) in [6.45, 7) is 5.03. The molecular weight excluding hydrogens is 296 g/mol. The highest BCUT2D eigenvalue weighted by atomic mass is 32.2. The predicted octanol–water partition coefficient (Wildman–Crippen LogP) is 0.162. The molecule has 2 heterocycles. The van der Waals surface area contributed by atoms with Gasteiger partial charge in [-0.05, 0) is 18.8 Å². The first-order valence-electron chi connectivity index (χ1n) is 6.94. The fourth-order valence-corrected chi connectivity index (χ4v) is 4.84. The third kappa shape index (κ3) is 2.98. The van der Waals surface area contributed by atoms with E-state index >= 15 is 0 Å². The van der Waals surface area contributed by atoms with Crippen molar-refractivity contribution in [3.63, 3.8) is 0 Å². The summed E-state index contributed by atoms with van der Waals surface area (Å²) in [6.07, 6.45) is 2.58. The van der Waals surface area contributed by atoms with Crippen LogP contribution in [0.4, 0.5) is 0 Å². The van der Waals surface area contributed by atoms with E-state index in [9.17, 15) is 18.3 Å². The largest absolute Gasteiger partial charge is 0.481 e. The standard InChI is InChI=1S/C13H22N2O5S/c1-3-5-13(12(16)17)9-15(10-13)21(18,19)14-6-4-11(7-14)8-20-2/h3,11H,1,4-10H2,2H3,(H,16,17). The summed E-state index contributed by atoms with van der Waals surface area (Å²) in [5.41, 5.74) is -1.01. The highest BCUT2D eigenvalue weighted by molar-refractivity contribution is 7.86. The number of hydrogen-bond donors (Lipinski definition) is 1. The van der Waals surface area contributed by atoms with Crippen LogP contribution >= 0.6 is 0 Å². The first-order chi connectivity index (χ1) is 9.85. The fraction of sp³-hybridized carbons (Fsp3) is 0.769. The zero-order valence-corrected chi connectivity index (χ0v) is 13.0. The van der Waals surface area contributed by atoms with E-state index in [4.69, 9.17) is 4.74 Å². The zero-order valence-electron chi connectivity index (χ0n) is 12.2. The molecule has 0 aliphatic carbocycles. The molecule has 8 heteroatoms. The molecule has 2 aliphatic rings. The maximum atomic E-state index is 12.5. The van der Waals surface area contributed by atoms with Crippen LogP contribution < -0.4 is 0 Å². The molecule has 120 valence electrons. The Hall–Kier alpha value is -0.960. The van der Waals surface area contributed by atoms with Crippen LogP contribution in [0.2, 0.25) is 0 Å². The molecule has 2 aliphatic heterocycles. The molecule has 0 radical (unpaired) electrons. The first-order valence-corrected chi connectivity index (χ1v) is 8.34. The Morgan fingerprint density at radius 1 is 1.48 bits per heavy atom. The van der Waals surface area contributed by atoms with Gasteiger partial charge in [-0.15, -0.1) is 6.58 Å². The molecule has 1 N–H and O–H groups in total. The summed E-state index contributed by atoms with van der Waals surface area (Å²) in [6, 6.07) is 0. The fourth-order valence-electron chi connectivity index (χ4n) is 2.96. The number of methoxy groups -OCH3 is 1. The van der Waals surface area contributed by atoms with E-state index in [1.807, 2.05) is 0 Å². The average Bonchev–Trinajstić information content (AvgIpc) is 2.82. The molecular formula is C13H22N2O5S. The van der Waals surface area contributed by atoms with E-state index in [1.54, 1.807) is 7.11 Å². The van der Waals surface area contributed by atoms with Crippen LogP contribution in [0.5, 0.6) is 0 Å². The van der Waals surface area contributed by atoms with Gasteiger partial charge in [-0.25, -0.2) is 0 Å². The maximum absolute atomic E-state index is 12.5. The van der Waals surface area contributed by atoms with Crippen molar-refractivity contribution in [3.05, 3.63) is 12.7 Å². The maximum Gasteiger partial charge on any atom is 0.312 e. The van der Waals surface area contributed by atoms with Crippen molar-refractivity contribution in [1.82, 2.24) is 8.61 Å². The van der Waals surface area contributed by atoms with Crippen LogP contribution in [0.15, 0.2) is 12.7 Å². The van der Waals surface area contributed by atoms with Crippen molar-refractivity contribution < 1.29 is 23.1 Å². The third-order valence-electron chi connectivity index (χ3n) is 4.25. The van der Waals surface area contributed by atoms with Crippen LogP contribution in [-0.2, 0) is 19.7 Å². The van der Waals surface area contributed by atoms with E-state index in [0.29, 0.717) is 19.7 Å². The van der Waals surface area contributed by atoms with Gasteiger partial charge < -0.3 is 9.84 Å². The number of nitrogens with zero attached hydrogens (tertiary/aromatic N) is 2. The summed E-state index contributed by atoms with van der Waals surface area (Å²) in [5, 5.41) is 9.28. The molecule has 1 unspecified atom stereocenters. The SMILES string of the molecule is C=CCC1(C(=O)O)CN(S(=O)(=O)N2CCC(COC)C2)C1. The minimum atomic E-state index is -3.56. The number of ether oxygens (including phenoxy) is 1. The first kappa shape index (κ1) is 16.4. The lowest BCUT2D eigenvalue weighted by atomic mass is 9.79. The van der Waals surface area contributed by atoms with Gasteiger partial charge in [0.25, 0.3) is 10.2 Å². The van der Waals surface area contributed by atoms with E-state index in [0.717, 1.165) is 6.42 Å². The van der Waals surface area contributed by atoms with Gasteiger partial charge in [0.05, 0.1) is 12.0 Å². The summed E-state index contributed by atoms with van der Waals surface area (Å²) in [7, 11) is -1.96. The second kappa shape index (κ2) is 6.04. The Balaban J connectivity index is 2.00. The lowest BCUT2D eigenvalue weighted by Crippen LogP contribution is -2.64. The molecule has 0 saturated carbocycles. The molecule has 0 bridgehead atoms. The molecule has 1 atom stereocenters. The number of allylic oxidation sites excluding steroid dienone is 1. The van der Waals surface area contributed by atoms with Crippen LogP contribution in [-0.4, -0.2) is 68.0 Å². The Morgan fingerprint density at radius 3 is 2.67 bits per heavy atom. The number of aliphatic carboxylic acids is 1. The van der Waals surface area contributed by atoms with E-state index in [-0.39, 0.29) is 25.4 Å². The molecule has 0 aromatic rings. The van der Waals surface area contributed by atoms with Crippen molar-refractivity contribution in [3.8, 4) is 0 Å². The summed E-state index contributed by atoms with van der Waals surface area (Å²) < 4.78 is 32.7. The van der Waals surface area contributed by atoms with Gasteiger partial charge in [-0.2, -0.15) is 17.0 Å². The molecule has 0 aromatic heterocycles. The second-order valence-corrected chi connectivity index (χ2v) is 7.75. The van der Waals surface area contributed by atoms with Crippen molar-refractivity contribution >= 4 is 16.2 Å². The summed E-state index contributed by atoms with van der Waals surface area (Å²) in [5.74, 6) is -0.754. The number of hydrogen-bond acceptors (Lipinski definition) is 4. The van der Waals surface area contributed by atoms with E-state index < -0.39 is 21.6 Å². The van der Waals surface area contributed by atoms with Crippen LogP contribution in [0.1, 0.15) is 12.8 Å². The predicted molar refractivity (Wildman–Crippen MR) is 76.9 cm³/mol. The van der Waals surface area contributed by atoms with Gasteiger partial charge in [0.15, 0.2) is 0 Å². The molecule has 21 heavy (non-hydrogen) atoms. The smallest absolute Gasteiger partial charge is 0.312 e. The van der Waals surface area contributed by atoms with E-state index in [1.165, 1.54) is 14.7 Å². The second-order valence-electron chi connectivity index (χ2n) is 5.82. The molecule has 7 nitrogen and oxygen atoms in total. The molecule has 2 rings (SSSR count). The van der Waals surface area contributed by atoms with Crippen LogP contribution in [0.3, 0.4) is 0 Å². The lowest BCUT2D eigenvalue weighted by molar-refractivity contribution is -0.156. The van der Waals surface area contributed by atoms with Gasteiger partial charge in [0.1, 0.15) is 0 Å². The van der Waals surface area contributed by atoms with Crippen LogP contribution in [0.25, 0.3) is 0 Å². The lowest BCUT2D eigenvalue weighted by Gasteiger charge is -2.46. The van der Waals surface area contributed by atoms with Gasteiger partial charge in [0.2, 0.25) is 0 Å². The number of carboxylic acid groups (broad SMARTS) is 1. The van der Waals surface area contributed by atoms with E-state index in [2.05, 4.69) is 6.58 Å². The monoisotopic (exact) mass is 318 g/mol. The Kier molecular flexibility index (Phi) is 4.72. The van der Waals surface area contributed by atoms with Crippen molar-refractivity contribution in [2.75, 3.05) is 39.9 Å². The van der Waals surface area contributed by atoms with Crippen molar-refractivity contribution in [1.29, 1.82) is 0 Å². The van der Waals surface area contributed by atoms with Gasteiger partial charge in [-0.3, -0.25) is 4.79 Å². The number of rotatable bonds is 7. The normalized spacial score (nSPS) is 26.4. The molecule has 2 fully saturated rings. The van der Waals surface area contributed by atoms with Gasteiger partial charge >= 0.3 is 5.97 Å².